The van der Waals surface area contributed by atoms with Gasteiger partial charge in [-0.1, -0.05) is 24.3 Å². The van der Waals surface area contributed by atoms with Gasteiger partial charge in [0.05, 0.1) is 35.3 Å². The molecule has 3 aromatic rings. The number of Topliss-reactive ketones (excluding diaryl/α,β-unsaturated/α-hetero) is 1. The Balaban J connectivity index is 1.90. The van der Waals surface area contributed by atoms with Gasteiger partial charge in [0.1, 0.15) is 0 Å². The maximum Gasteiger partial charge on any atom is 0.337 e. The van der Waals surface area contributed by atoms with Crippen molar-refractivity contribution in [2.24, 2.45) is 0 Å². The summed E-state index contributed by atoms with van der Waals surface area (Å²) in [6, 6.07) is 14.1. The van der Waals surface area contributed by atoms with Crippen molar-refractivity contribution in [2.75, 3.05) is 12.4 Å². The topological polar surface area (TPSA) is 90.3 Å². The Morgan fingerprint density at radius 3 is 2.34 bits per heavy atom. The van der Waals surface area contributed by atoms with E-state index < -0.39 is 17.7 Å². The Labute approximate surface area is 168 Å². The summed E-state index contributed by atoms with van der Waals surface area (Å²) in [6.45, 7) is 5.21. The molecule has 0 aliphatic carbocycles. The van der Waals surface area contributed by atoms with E-state index in [2.05, 4.69) is 10.4 Å². The largest absolute Gasteiger partial charge is 0.465 e. The van der Waals surface area contributed by atoms with E-state index in [4.69, 9.17) is 4.74 Å². The Morgan fingerprint density at radius 2 is 1.69 bits per heavy atom. The molecule has 2 aromatic carbocycles. The van der Waals surface area contributed by atoms with E-state index in [0.29, 0.717) is 22.6 Å². The predicted molar refractivity (Wildman–Crippen MR) is 109 cm³/mol. The SMILES string of the molecule is COC(=O)c1ccc(C)c(NC(=O)C(=O)c2c(C)nn(-c3ccccc3)c2C)c1. The highest BCUT2D eigenvalue weighted by Crippen LogP contribution is 2.21. The minimum absolute atomic E-state index is 0.258. The number of aromatic nitrogens is 2. The van der Waals surface area contributed by atoms with Crippen LogP contribution in [0.4, 0.5) is 5.69 Å². The fourth-order valence-electron chi connectivity index (χ4n) is 3.09. The second kappa shape index (κ2) is 8.10. The summed E-state index contributed by atoms with van der Waals surface area (Å²) in [7, 11) is 1.28. The summed E-state index contributed by atoms with van der Waals surface area (Å²) in [5.41, 5.74) is 3.47. The number of anilines is 1. The molecule has 0 aliphatic heterocycles. The van der Waals surface area contributed by atoms with Gasteiger partial charge in [0.2, 0.25) is 0 Å². The highest BCUT2D eigenvalue weighted by atomic mass is 16.5. The normalized spacial score (nSPS) is 10.5. The Kier molecular flexibility index (Phi) is 5.59. The third kappa shape index (κ3) is 3.94. The molecule has 148 valence electrons. The standard InChI is InChI=1S/C22H21N3O4/c1-13-10-11-16(22(28)29-4)12-18(13)23-21(27)20(26)19-14(2)24-25(15(19)3)17-8-6-5-7-9-17/h5-12H,1-4H3,(H,23,27). The predicted octanol–water partition coefficient (Wildman–Crippen LogP) is 3.41. The molecule has 0 bridgehead atoms. The molecule has 0 fully saturated rings. The van der Waals surface area contributed by atoms with Gasteiger partial charge < -0.3 is 10.1 Å². The molecule has 0 spiro atoms. The first kappa shape index (κ1) is 20.0. The van der Waals surface area contributed by atoms with Gasteiger partial charge in [-0.3, -0.25) is 9.59 Å². The summed E-state index contributed by atoms with van der Waals surface area (Å²) in [4.78, 5) is 37.2. The van der Waals surface area contributed by atoms with Crippen molar-refractivity contribution < 1.29 is 19.1 Å². The number of aryl methyl sites for hydroxylation is 2. The lowest BCUT2D eigenvalue weighted by atomic mass is 10.1. The van der Waals surface area contributed by atoms with Crippen LogP contribution in [0.2, 0.25) is 0 Å². The van der Waals surface area contributed by atoms with Crippen LogP contribution in [0, 0.1) is 20.8 Å². The fourth-order valence-corrected chi connectivity index (χ4v) is 3.09. The van der Waals surface area contributed by atoms with Crippen LogP contribution < -0.4 is 5.32 Å². The Morgan fingerprint density at radius 1 is 1.00 bits per heavy atom. The number of carbonyl (C=O) groups is 3. The minimum Gasteiger partial charge on any atom is -0.465 e. The van der Waals surface area contributed by atoms with Crippen LogP contribution in [0.1, 0.15) is 37.7 Å². The number of para-hydroxylation sites is 1. The molecule has 0 saturated carbocycles. The number of hydrogen-bond donors (Lipinski definition) is 1. The van der Waals surface area contributed by atoms with Crippen LogP contribution in [0.5, 0.6) is 0 Å². The molecule has 0 saturated heterocycles. The molecule has 7 nitrogen and oxygen atoms in total. The van der Waals surface area contributed by atoms with Gasteiger partial charge in [0.15, 0.2) is 0 Å². The van der Waals surface area contributed by atoms with Crippen LogP contribution in [-0.4, -0.2) is 34.6 Å². The van der Waals surface area contributed by atoms with Crippen molar-refractivity contribution in [3.05, 3.63) is 76.6 Å². The maximum absolute atomic E-state index is 12.9. The van der Waals surface area contributed by atoms with Crippen LogP contribution in [0.25, 0.3) is 5.69 Å². The molecule has 1 N–H and O–H groups in total. The van der Waals surface area contributed by atoms with Crippen molar-refractivity contribution >= 4 is 23.3 Å². The molecule has 0 radical (unpaired) electrons. The average Bonchev–Trinajstić information content (AvgIpc) is 3.03. The number of ether oxygens (including phenoxy) is 1. The van der Waals surface area contributed by atoms with Gasteiger partial charge in [0.25, 0.3) is 11.7 Å². The number of esters is 1. The first-order chi connectivity index (χ1) is 13.8. The quantitative estimate of drug-likeness (QED) is 0.409. The van der Waals surface area contributed by atoms with E-state index >= 15 is 0 Å². The molecule has 29 heavy (non-hydrogen) atoms. The monoisotopic (exact) mass is 391 g/mol. The van der Waals surface area contributed by atoms with Gasteiger partial charge in [0, 0.05) is 5.69 Å². The van der Waals surface area contributed by atoms with Gasteiger partial charge >= 0.3 is 5.97 Å². The molecule has 1 amide bonds. The lowest BCUT2D eigenvalue weighted by molar-refractivity contribution is -0.112. The number of benzene rings is 2. The first-order valence-electron chi connectivity index (χ1n) is 8.99. The number of hydrogen-bond acceptors (Lipinski definition) is 5. The number of rotatable bonds is 5. The highest BCUT2D eigenvalue weighted by Gasteiger charge is 2.25. The molecule has 3 rings (SSSR count). The van der Waals surface area contributed by atoms with E-state index in [1.807, 2.05) is 30.3 Å². The van der Waals surface area contributed by atoms with E-state index in [1.54, 1.807) is 37.6 Å². The molecular formula is C22H21N3O4. The van der Waals surface area contributed by atoms with Crippen molar-refractivity contribution in [3.8, 4) is 5.69 Å². The summed E-state index contributed by atoms with van der Waals surface area (Å²) in [6.07, 6.45) is 0. The van der Waals surface area contributed by atoms with Gasteiger partial charge in [-0.25, -0.2) is 9.48 Å². The maximum atomic E-state index is 12.9. The molecule has 1 aromatic heterocycles. The van der Waals surface area contributed by atoms with Crippen molar-refractivity contribution in [2.45, 2.75) is 20.8 Å². The summed E-state index contributed by atoms with van der Waals surface area (Å²) < 4.78 is 6.34. The molecule has 0 aliphatic rings. The van der Waals surface area contributed by atoms with Gasteiger partial charge in [-0.15, -0.1) is 0 Å². The first-order valence-corrected chi connectivity index (χ1v) is 8.99. The molecule has 0 atom stereocenters. The van der Waals surface area contributed by atoms with E-state index in [1.165, 1.54) is 13.2 Å². The van der Waals surface area contributed by atoms with Gasteiger partial charge in [-0.2, -0.15) is 5.10 Å². The smallest absolute Gasteiger partial charge is 0.337 e. The number of amides is 1. The number of nitrogens with one attached hydrogen (secondary N) is 1. The molecule has 1 heterocycles. The third-order valence-corrected chi connectivity index (χ3v) is 4.63. The van der Waals surface area contributed by atoms with Crippen molar-refractivity contribution in [3.63, 3.8) is 0 Å². The van der Waals surface area contributed by atoms with Crippen LogP contribution in [-0.2, 0) is 9.53 Å². The lowest BCUT2D eigenvalue weighted by Gasteiger charge is -2.10. The second-order valence-electron chi connectivity index (χ2n) is 6.60. The van der Waals surface area contributed by atoms with E-state index in [9.17, 15) is 14.4 Å². The highest BCUT2D eigenvalue weighted by molar-refractivity contribution is 6.47. The minimum atomic E-state index is -0.797. The second-order valence-corrected chi connectivity index (χ2v) is 6.60. The summed E-state index contributed by atoms with van der Waals surface area (Å²) >= 11 is 0. The van der Waals surface area contributed by atoms with Crippen LogP contribution >= 0.6 is 0 Å². The van der Waals surface area contributed by atoms with Crippen molar-refractivity contribution in [1.29, 1.82) is 0 Å². The summed E-state index contributed by atoms with van der Waals surface area (Å²) in [5, 5.41) is 7.01. The zero-order chi connectivity index (χ0) is 21.1. The zero-order valence-corrected chi connectivity index (χ0v) is 16.6. The lowest BCUT2D eigenvalue weighted by Crippen LogP contribution is -2.24. The fraction of sp³-hybridized carbons (Fsp3) is 0.182. The van der Waals surface area contributed by atoms with E-state index in [-0.39, 0.29) is 11.1 Å². The van der Waals surface area contributed by atoms with Crippen LogP contribution in [0.15, 0.2) is 48.5 Å². The summed E-state index contributed by atoms with van der Waals surface area (Å²) in [5.74, 6) is -2.01. The zero-order valence-electron chi connectivity index (χ0n) is 16.6. The van der Waals surface area contributed by atoms with E-state index in [0.717, 1.165) is 5.69 Å². The molecule has 0 unspecified atom stereocenters. The van der Waals surface area contributed by atoms with Crippen LogP contribution in [0.3, 0.4) is 0 Å². The number of nitrogens with zero attached hydrogens (tertiary/aromatic N) is 2. The third-order valence-electron chi connectivity index (χ3n) is 4.63. The number of carbonyl (C=O) groups excluding carboxylic acids is 3. The average molecular weight is 391 g/mol. The van der Waals surface area contributed by atoms with Gasteiger partial charge in [-0.05, 0) is 50.6 Å². The Bertz CT molecular complexity index is 1100. The molecule has 7 heteroatoms. The van der Waals surface area contributed by atoms with Crippen molar-refractivity contribution in [1.82, 2.24) is 9.78 Å². The molecular weight excluding hydrogens is 370 g/mol. The number of methoxy groups -OCH3 is 1. The Hall–Kier alpha value is -3.74. The number of ketones is 1.